The average molecular weight is 340 g/mol. The van der Waals surface area contributed by atoms with Crippen molar-refractivity contribution >= 4 is 37.4 Å². The Labute approximate surface area is 135 Å². The number of fused-ring (bicyclic) bond motifs is 1. The Hall–Kier alpha value is -1.44. The molecular formula is C15H20N2O3S2. The van der Waals surface area contributed by atoms with Gasteiger partial charge in [0.25, 0.3) is 0 Å². The number of carbonyl (C=O) groups is 1. The van der Waals surface area contributed by atoms with Crippen molar-refractivity contribution in [1.82, 2.24) is 9.62 Å². The van der Waals surface area contributed by atoms with Gasteiger partial charge in [0.1, 0.15) is 0 Å². The molecule has 0 saturated carbocycles. The highest BCUT2D eigenvalue weighted by atomic mass is 32.2. The molecule has 0 spiro atoms. The molecule has 1 aromatic carbocycles. The number of nitrogens with one attached hydrogen (secondary N) is 1. The summed E-state index contributed by atoms with van der Waals surface area (Å²) in [5, 5.41) is 4.01. The first-order valence-corrected chi connectivity index (χ1v) is 9.40. The van der Waals surface area contributed by atoms with E-state index in [2.05, 4.69) is 11.4 Å². The van der Waals surface area contributed by atoms with Crippen molar-refractivity contribution in [1.29, 1.82) is 0 Å². The van der Waals surface area contributed by atoms with Gasteiger partial charge in [-0.2, -0.15) is 0 Å². The van der Waals surface area contributed by atoms with Crippen molar-refractivity contribution in [3.8, 4) is 0 Å². The lowest BCUT2D eigenvalue weighted by Gasteiger charge is -2.14. The van der Waals surface area contributed by atoms with Crippen LogP contribution < -0.4 is 5.32 Å². The lowest BCUT2D eigenvalue weighted by atomic mass is 10.2. The van der Waals surface area contributed by atoms with Crippen molar-refractivity contribution in [2.75, 3.05) is 19.8 Å². The summed E-state index contributed by atoms with van der Waals surface area (Å²) in [4.78, 5) is 13.0. The van der Waals surface area contributed by atoms with Crippen LogP contribution >= 0.6 is 11.3 Å². The lowest BCUT2D eigenvalue weighted by molar-refractivity contribution is -0.121. The zero-order chi connectivity index (χ0) is 16.3. The second-order valence-electron chi connectivity index (χ2n) is 5.32. The van der Waals surface area contributed by atoms with Crippen LogP contribution in [0.1, 0.15) is 24.3 Å². The Bertz CT molecular complexity index is 733. The quantitative estimate of drug-likeness (QED) is 0.878. The summed E-state index contributed by atoms with van der Waals surface area (Å²) in [6.07, 6.45) is -0.0320. The maximum atomic E-state index is 11.9. The molecule has 0 aliphatic rings. The minimum absolute atomic E-state index is 0.0320. The zero-order valence-electron chi connectivity index (χ0n) is 12.9. The fourth-order valence-corrected chi connectivity index (χ4v) is 3.88. The van der Waals surface area contributed by atoms with Gasteiger partial charge in [-0.1, -0.05) is 18.2 Å². The molecule has 0 fully saturated rings. The summed E-state index contributed by atoms with van der Waals surface area (Å²) < 4.78 is 25.6. The van der Waals surface area contributed by atoms with E-state index in [4.69, 9.17) is 0 Å². The monoisotopic (exact) mass is 340 g/mol. The fraction of sp³-hybridized carbons (Fsp3) is 0.400. The molecule has 0 bridgehead atoms. The molecule has 0 unspecified atom stereocenters. The van der Waals surface area contributed by atoms with Gasteiger partial charge >= 0.3 is 0 Å². The molecule has 0 saturated heterocycles. The minimum atomic E-state index is -3.34. The highest BCUT2D eigenvalue weighted by Crippen LogP contribution is 2.29. The van der Waals surface area contributed by atoms with Crippen LogP contribution in [0.25, 0.3) is 10.1 Å². The third-order valence-corrected chi connectivity index (χ3v) is 6.52. The highest BCUT2D eigenvalue weighted by molar-refractivity contribution is 7.89. The van der Waals surface area contributed by atoms with Crippen molar-refractivity contribution in [3.63, 3.8) is 0 Å². The third-order valence-electron chi connectivity index (χ3n) is 3.39. The van der Waals surface area contributed by atoms with Crippen molar-refractivity contribution in [3.05, 3.63) is 35.2 Å². The summed E-state index contributed by atoms with van der Waals surface area (Å²) in [6.45, 7) is 1.91. The van der Waals surface area contributed by atoms with Gasteiger partial charge in [0.15, 0.2) is 0 Å². The standard InChI is InChI=1S/C15H20N2O3S2/c1-11(14-10-12-6-4-5-7-13(12)21-14)16-15(18)8-9-22(19,20)17(2)3/h4-7,10-11H,8-9H2,1-3H3,(H,16,18)/t11-/m0/s1. The molecule has 0 aliphatic carbocycles. The molecule has 0 radical (unpaired) electrons. The number of carbonyl (C=O) groups excluding carboxylic acids is 1. The number of amides is 1. The average Bonchev–Trinajstić information content (AvgIpc) is 2.89. The molecule has 120 valence electrons. The van der Waals surface area contributed by atoms with E-state index in [-0.39, 0.29) is 24.1 Å². The number of hydrogen-bond donors (Lipinski definition) is 1. The molecule has 1 N–H and O–H groups in total. The van der Waals surface area contributed by atoms with Gasteiger partial charge in [-0.05, 0) is 24.4 Å². The van der Waals surface area contributed by atoms with Crippen molar-refractivity contribution in [2.45, 2.75) is 19.4 Å². The van der Waals surface area contributed by atoms with E-state index in [9.17, 15) is 13.2 Å². The van der Waals surface area contributed by atoms with E-state index in [1.54, 1.807) is 11.3 Å². The summed E-state index contributed by atoms with van der Waals surface area (Å²) in [6, 6.07) is 9.97. The predicted molar refractivity (Wildman–Crippen MR) is 90.5 cm³/mol. The van der Waals surface area contributed by atoms with Crippen molar-refractivity contribution < 1.29 is 13.2 Å². The van der Waals surface area contributed by atoms with Crippen molar-refractivity contribution in [2.24, 2.45) is 0 Å². The largest absolute Gasteiger partial charge is 0.349 e. The van der Waals surface area contributed by atoms with Gasteiger partial charge in [0.2, 0.25) is 15.9 Å². The Kier molecular flexibility index (Phi) is 5.20. The maximum Gasteiger partial charge on any atom is 0.221 e. The van der Waals surface area contributed by atoms with Crippen LogP contribution in [0.15, 0.2) is 30.3 Å². The zero-order valence-corrected chi connectivity index (χ0v) is 14.5. The molecule has 0 aliphatic heterocycles. The second-order valence-corrected chi connectivity index (χ2v) is 8.74. The molecule has 7 heteroatoms. The Balaban J connectivity index is 1.96. The van der Waals surface area contributed by atoms with Gasteiger partial charge in [0, 0.05) is 30.1 Å². The number of sulfonamides is 1. The topological polar surface area (TPSA) is 66.5 Å². The number of thiophene rings is 1. The highest BCUT2D eigenvalue weighted by Gasteiger charge is 2.18. The van der Waals surface area contributed by atoms with Gasteiger partial charge in [0.05, 0.1) is 11.8 Å². The number of benzene rings is 1. The number of nitrogens with zero attached hydrogens (tertiary/aromatic N) is 1. The third kappa shape index (κ3) is 4.06. The van der Waals surface area contributed by atoms with E-state index in [0.717, 1.165) is 14.6 Å². The van der Waals surface area contributed by atoms with Crippen LogP contribution in [-0.2, 0) is 14.8 Å². The van der Waals surface area contributed by atoms with Crippen LogP contribution in [0.3, 0.4) is 0 Å². The number of rotatable bonds is 6. The summed E-state index contributed by atoms with van der Waals surface area (Å²) in [7, 11) is -0.408. The van der Waals surface area contributed by atoms with Gasteiger partial charge in [-0.3, -0.25) is 4.79 Å². The Morgan fingerprint density at radius 3 is 2.64 bits per heavy atom. The lowest BCUT2D eigenvalue weighted by Crippen LogP contribution is -2.31. The Morgan fingerprint density at radius 2 is 2.00 bits per heavy atom. The maximum absolute atomic E-state index is 11.9. The van der Waals surface area contributed by atoms with Gasteiger partial charge < -0.3 is 5.32 Å². The summed E-state index contributed by atoms with van der Waals surface area (Å²) in [5.74, 6) is -0.430. The molecule has 1 aromatic heterocycles. The van der Waals surface area contributed by atoms with E-state index >= 15 is 0 Å². The first kappa shape index (κ1) is 16.9. The van der Waals surface area contributed by atoms with Crippen LogP contribution in [-0.4, -0.2) is 38.5 Å². The van der Waals surface area contributed by atoms with E-state index in [0.29, 0.717) is 0 Å². The molecule has 22 heavy (non-hydrogen) atoms. The van der Waals surface area contributed by atoms with E-state index < -0.39 is 10.0 Å². The molecule has 1 amide bonds. The van der Waals surface area contributed by atoms with Gasteiger partial charge in [-0.15, -0.1) is 11.3 Å². The fourth-order valence-electron chi connectivity index (χ4n) is 2.00. The van der Waals surface area contributed by atoms with E-state index in [1.807, 2.05) is 31.2 Å². The molecule has 1 heterocycles. The van der Waals surface area contributed by atoms with Crippen LogP contribution in [0.4, 0.5) is 0 Å². The summed E-state index contributed by atoms with van der Waals surface area (Å²) in [5.41, 5.74) is 0. The molecular weight excluding hydrogens is 320 g/mol. The first-order chi connectivity index (χ1) is 10.3. The van der Waals surface area contributed by atoms with Crippen LogP contribution in [0, 0.1) is 0 Å². The van der Waals surface area contributed by atoms with Crippen LogP contribution in [0.2, 0.25) is 0 Å². The summed E-state index contributed by atoms with van der Waals surface area (Å²) >= 11 is 1.63. The minimum Gasteiger partial charge on any atom is -0.349 e. The molecule has 5 nitrogen and oxygen atoms in total. The Morgan fingerprint density at radius 1 is 1.32 bits per heavy atom. The molecule has 2 rings (SSSR count). The molecule has 1 atom stereocenters. The smallest absolute Gasteiger partial charge is 0.221 e. The SMILES string of the molecule is C[C@H](NC(=O)CCS(=O)(=O)N(C)C)c1cc2ccccc2s1. The number of hydrogen-bond acceptors (Lipinski definition) is 4. The van der Waals surface area contributed by atoms with E-state index in [1.165, 1.54) is 18.8 Å². The van der Waals surface area contributed by atoms with Crippen LogP contribution in [0.5, 0.6) is 0 Å². The normalized spacial score (nSPS) is 13.5. The predicted octanol–water partition coefficient (Wildman–Crippen LogP) is 2.36. The van der Waals surface area contributed by atoms with Gasteiger partial charge in [-0.25, -0.2) is 12.7 Å². The second kappa shape index (κ2) is 6.76. The molecule has 2 aromatic rings. The first-order valence-electron chi connectivity index (χ1n) is 6.97.